The van der Waals surface area contributed by atoms with Gasteiger partial charge in [0.1, 0.15) is 0 Å². The molecule has 5 heteroatoms. The minimum atomic E-state index is -0.0708. The third-order valence-corrected chi connectivity index (χ3v) is 3.01. The molecule has 1 atom stereocenters. The molecule has 0 radical (unpaired) electrons. The molecule has 1 saturated heterocycles. The van der Waals surface area contributed by atoms with Crippen molar-refractivity contribution < 1.29 is 4.79 Å². The number of nitrogens with one attached hydrogen (secondary N) is 1. The van der Waals surface area contributed by atoms with Crippen LogP contribution in [0.4, 0.5) is 4.79 Å². The molecule has 1 N–H and O–H groups in total. The molecule has 0 aromatic rings. The quantitative estimate of drug-likeness (QED) is 0.765. The van der Waals surface area contributed by atoms with Crippen LogP contribution in [0.2, 0.25) is 0 Å². The van der Waals surface area contributed by atoms with E-state index in [0.717, 1.165) is 19.5 Å². The Labute approximate surface area is 108 Å². The van der Waals surface area contributed by atoms with Crippen LogP contribution in [0.3, 0.4) is 0 Å². The summed E-state index contributed by atoms with van der Waals surface area (Å²) in [5.41, 5.74) is 0. The van der Waals surface area contributed by atoms with Gasteiger partial charge < -0.3 is 10.2 Å². The number of hydrogen-bond donors (Lipinski definition) is 1. The van der Waals surface area contributed by atoms with Gasteiger partial charge in [0.15, 0.2) is 0 Å². The zero-order valence-electron chi connectivity index (χ0n) is 10.9. The SMILES string of the molecule is CC(C)NC(=O)N1C=NC=CC=CN2CCC1C2. The maximum atomic E-state index is 12.1. The molecule has 98 valence electrons. The number of rotatable bonds is 1. The Morgan fingerprint density at radius 1 is 1.44 bits per heavy atom. The number of aliphatic imine (C=N–C) groups is 1. The second-order valence-electron chi connectivity index (χ2n) is 4.90. The summed E-state index contributed by atoms with van der Waals surface area (Å²) in [5.74, 6) is 0. The second-order valence-corrected chi connectivity index (χ2v) is 4.90. The molecule has 2 amide bonds. The van der Waals surface area contributed by atoms with Crippen molar-refractivity contribution in [3.63, 3.8) is 0 Å². The van der Waals surface area contributed by atoms with E-state index in [-0.39, 0.29) is 18.1 Å². The maximum absolute atomic E-state index is 12.1. The molecular formula is C13H20N4O. The topological polar surface area (TPSA) is 47.9 Å². The number of fused-ring (bicyclic) bond motifs is 2. The van der Waals surface area contributed by atoms with Gasteiger partial charge >= 0.3 is 6.03 Å². The second kappa shape index (κ2) is 5.71. The number of allylic oxidation sites excluding steroid dienone is 2. The van der Waals surface area contributed by atoms with Gasteiger partial charge in [-0.05, 0) is 38.6 Å². The lowest BCUT2D eigenvalue weighted by Gasteiger charge is -2.26. The summed E-state index contributed by atoms with van der Waals surface area (Å²) in [6.07, 6.45) is 10.2. The van der Waals surface area contributed by atoms with Crippen LogP contribution >= 0.6 is 0 Å². The summed E-state index contributed by atoms with van der Waals surface area (Å²) in [7, 11) is 0. The molecule has 1 fully saturated rings. The molecule has 0 aromatic heterocycles. The van der Waals surface area contributed by atoms with Crippen molar-refractivity contribution in [2.45, 2.75) is 32.4 Å². The Balaban J connectivity index is 2.14. The minimum Gasteiger partial charge on any atom is -0.375 e. The van der Waals surface area contributed by atoms with Gasteiger partial charge in [-0.2, -0.15) is 0 Å². The Morgan fingerprint density at radius 3 is 3.06 bits per heavy atom. The molecule has 1 unspecified atom stereocenters. The summed E-state index contributed by atoms with van der Waals surface area (Å²) in [5, 5.41) is 2.91. The highest BCUT2D eigenvalue weighted by Gasteiger charge is 2.29. The maximum Gasteiger partial charge on any atom is 0.323 e. The van der Waals surface area contributed by atoms with Crippen molar-refractivity contribution in [3.8, 4) is 0 Å². The zero-order valence-corrected chi connectivity index (χ0v) is 10.9. The summed E-state index contributed by atoms with van der Waals surface area (Å²) < 4.78 is 0. The van der Waals surface area contributed by atoms with Crippen LogP contribution in [0.25, 0.3) is 0 Å². The van der Waals surface area contributed by atoms with Crippen molar-refractivity contribution in [2.24, 2.45) is 4.99 Å². The fraction of sp³-hybridized carbons (Fsp3) is 0.538. The van der Waals surface area contributed by atoms with Crippen LogP contribution in [-0.4, -0.2) is 47.3 Å². The van der Waals surface area contributed by atoms with E-state index in [9.17, 15) is 4.79 Å². The highest BCUT2D eigenvalue weighted by Crippen LogP contribution is 2.16. The van der Waals surface area contributed by atoms with E-state index < -0.39 is 0 Å². The van der Waals surface area contributed by atoms with E-state index in [1.807, 2.05) is 26.0 Å². The summed E-state index contributed by atoms with van der Waals surface area (Å²) in [6, 6.07) is 0.261. The van der Waals surface area contributed by atoms with E-state index in [0.29, 0.717) is 0 Å². The van der Waals surface area contributed by atoms with Crippen LogP contribution in [0.1, 0.15) is 20.3 Å². The first-order chi connectivity index (χ1) is 8.66. The predicted molar refractivity (Wildman–Crippen MR) is 72.3 cm³/mol. The standard InChI is InChI=1S/C13H20N4O/c1-11(2)15-13(18)17-10-14-6-3-4-7-16-8-5-12(17)9-16/h3-4,6-7,10-12H,5,8-9H2,1-2H3,(H,15,18). The van der Waals surface area contributed by atoms with Gasteiger partial charge in [0.2, 0.25) is 0 Å². The van der Waals surface area contributed by atoms with E-state index in [4.69, 9.17) is 0 Å². The van der Waals surface area contributed by atoms with Crippen LogP contribution in [0, 0.1) is 0 Å². The number of carbonyl (C=O) groups is 1. The van der Waals surface area contributed by atoms with Crippen LogP contribution in [-0.2, 0) is 0 Å². The van der Waals surface area contributed by atoms with Crippen molar-refractivity contribution in [1.29, 1.82) is 0 Å². The van der Waals surface area contributed by atoms with Crippen molar-refractivity contribution in [3.05, 3.63) is 24.6 Å². The third kappa shape index (κ3) is 3.12. The fourth-order valence-electron chi connectivity index (χ4n) is 2.15. The highest BCUT2D eigenvalue weighted by atomic mass is 16.2. The molecule has 0 saturated carbocycles. The smallest absolute Gasteiger partial charge is 0.323 e. The van der Waals surface area contributed by atoms with Crippen molar-refractivity contribution >= 4 is 12.4 Å². The van der Waals surface area contributed by atoms with Crippen LogP contribution in [0.5, 0.6) is 0 Å². The average molecular weight is 248 g/mol. The number of hydrogen-bond acceptors (Lipinski definition) is 3. The molecule has 0 aliphatic carbocycles. The lowest BCUT2D eigenvalue weighted by Crippen LogP contribution is -2.48. The monoisotopic (exact) mass is 248 g/mol. The van der Waals surface area contributed by atoms with Gasteiger partial charge in [-0.3, -0.25) is 4.90 Å². The minimum absolute atomic E-state index is 0.0708. The average Bonchev–Trinajstić information content (AvgIpc) is 2.74. The number of carbonyl (C=O) groups excluding carboxylic acids is 1. The molecule has 18 heavy (non-hydrogen) atoms. The van der Waals surface area contributed by atoms with Crippen LogP contribution in [0.15, 0.2) is 29.5 Å². The Bertz CT molecular complexity index is 386. The van der Waals surface area contributed by atoms with Gasteiger partial charge in [-0.25, -0.2) is 9.79 Å². The number of amides is 2. The van der Waals surface area contributed by atoms with Crippen LogP contribution < -0.4 is 5.32 Å². The van der Waals surface area contributed by atoms with Crippen molar-refractivity contribution in [1.82, 2.24) is 15.1 Å². The largest absolute Gasteiger partial charge is 0.375 e. The lowest BCUT2D eigenvalue weighted by molar-refractivity contribution is 0.208. The van der Waals surface area contributed by atoms with E-state index in [1.165, 1.54) is 0 Å². The summed E-state index contributed by atoms with van der Waals surface area (Å²) >= 11 is 0. The van der Waals surface area contributed by atoms with Gasteiger partial charge in [0.05, 0.1) is 12.4 Å². The molecule has 0 spiro atoms. The first kappa shape index (κ1) is 12.7. The van der Waals surface area contributed by atoms with E-state index in [2.05, 4.69) is 21.4 Å². The number of nitrogens with zero attached hydrogens (tertiary/aromatic N) is 3. The molecule has 0 aromatic carbocycles. The Hall–Kier alpha value is -1.78. The highest BCUT2D eigenvalue weighted by molar-refractivity contribution is 5.87. The Kier molecular flexibility index (Phi) is 4.02. The number of urea groups is 1. The van der Waals surface area contributed by atoms with Gasteiger partial charge in [0, 0.05) is 25.3 Å². The summed E-state index contributed by atoms with van der Waals surface area (Å²) in [6.45, 7) is 5.76. The third-order valence-electron chi connectivity index (χ3n) is 3.01. The normalized spacial score (nSPS) is 22.7. The van der Waals surface area contributed by atoms with E-state index >= 15 is 0 Å². The molecule has 2 aliphatic rings. The summed E-state index contributed by atoms with van der Waals surface area (Å²) in [4.78, 5) is 20.2. The lowest BCUT2D eigenvalue weighted by atomic mass is 10.2. The molecule has 2 rings (SSSR count). The van der Waals surface area contributed by atoms with Crippen molar-refractivity contribution in [2.75, 3.05) is 13.1 Å². The first-order valence-electron chi connectivity index (χ1n) is 6.36. The molecular weight excluding hydrogens is 228 g/mol. The molecule has 2 heterocycles. The predicted octanol–water partition coefficient (Wildman–Crippen LogP) is 1.55. The van der Waals surface area contributed by atoms with Gasteiger partial charge in [-0.1, -0.05) is 0 Å². The fourth-order valence-corrected chi connectivity index (χ4v) is 2.15. The van der Waals surface area contributed by atoms with Gasteiger partial charge in [-0.15, -0.1) is 0 Å². The first-order valence-corrected chi connectivity index (χ1v) is 6.36. The molecule has 5 nitrogen and oxygen atoms in total. The molecule has 2 aliphatic heterocycles. The van der Waals surface area contributed by atoms with E-state index in [1.54, 1.807) is 17.4 Å². The molecule has 2 bridgehead atoms. The zero-order chi connectivity index (χ0) is 13.0. The Morgan fingerprint density at radius 2 is 2.28 bits per heavy atom. The van der Waals surface area contributed by atoms with Gasteiger partial charge in [0.25, 0.3) is 0 Å².